The van der Waals surface area contributed by atoms with Gasteiger partial charge in [-0.1, -0.05) is 0 Å². The van der Waals surface area contributed by atoms with E-state index in [1.807, 2.05) is 17.5 Å². The van der Waals surface area contributed by atoms with Crippen LogP contribution in [0.25, 0.3) is 11.3 Å². The minimum absolute atomic E-state index is 0. The summed E-state index contributed by atoms with van der Waals surface area (Å²) in [5.74, 6) is 0. The highest BCUT2D eigenvalue weighted by molar-refractivity contribution is 7.13. The molecule has 2 aromatic heterocycles. The molecule has 62 valence electrons. The van der Waals surface area contributed by atoms with Gasteiger partial charge in [0.15, 0.2) is 5.13 Å². The lowest BCUT2D eigenvalue weighted by atomic mass is 10.2. The van der Waals surface area contributed by atoms with E-state index in [0.29, 0.717) is 5.13 Å². The second-order valence-electron chi connectivity index (χ2n) is 2.31. The van der Waals surface area contributed by atoms with Crippen molar-refractivity contribution in [3.63, 3.8) is 0 Å². The third kappa shape index (κ3) is 1.29. The van der Waals surface area contributed by atoms with Crippen LogP contribution in [0, 0.1) is 0 Å². The van der Waals surface area contributed by atoms with Gasteiger partial charge in [0.1, 0.15) is 0 Å². The van der Waals surface area contributed by atoms with Crippen LogP contribution in [-0.4, -0.2) is 9.97 Å². The van der Waals surface area contributed by atoms with Gasteiger partial charge in [0, 0.05) is 24.8 Å². The topological polar surface area (TPSA) is 51.8 Å². The molecule has 2 N–H and O–H groups in total. The molecule has 0 saturated heterocycles. The van der Waals surface area contributed by atoms with E-state index in [0.717, 1.165) is 11.3 Å². The Morgan fingerprint density at radius 2 is 2.08 bits per heavy atom. The molecular formula is C8H9N3S. The molecule has 3 nitrogen and oxygen atoms in total. The maximum atomic E-state index is 5.51. The molecule has 0 aliphatic carbocycles. The zero-order chi connectivity index (χ0) is 8.39. The molecule has 0 bridgehead atoms. The molecule has 0 aliphatic rings. The first kappa shape index (κ1) is 7.24. The molecular weight excluding hydrogens is 170 g/mol. The minimum atomic E-state index is 0. The second-order valence-corrected chi connectivity index (χ2v) is 3.20. The highest BCUT2D eigenvalue weighted by Gasteiger charge is 1.99. The summed E-state index contributed by atoms with van der Waals surface area (Å²) in [6, 6.07) is 3.82. The first-order chi connectivity index (χ1) is 5.86. The van der Waals surface area contributed by atoms with Crippen LogP contribution in [-0.2, 0) is 0 Å². The van der Waals surface area contributed by atoms with E-state index in [2.05, 4.69) is 9.97 Å². The van der Waals surface area contributed by atoms with Crippen LogP contribution in [0.2, 0.25) is 0 Å². The molecule has 0 aromatic carbocycles. The van der Waals surface area contributed by atoms with Gasteiger partial charge in [0.05, 0.1) is 5.69 Å². The molecule has 0 unspecified atom stereocenters. The van der Waals surface area contributed by atoms with Crippen LogP contribution in [0.5, 0.6) is 0 Å². The largest absolute Gasteiger partial charge is 0.375 e. The number of nitrogens with zero attached hydrogens (tertiary/aromatic N) is 2. The number of thiazole rings is 1. The van der Waals surface area contributed by atoms with E-state index in [9.17, 15) is 0 Å². The molecule has 2 heterocycles. The number of rotatable bonds is 1. The number of anilines is 1. The molecule has 12 heavy (non-hydrogen) atoms. The molecule has 2 rings (SSSR count). The Kier molecular flexibility index (Phi) is 1.75. The summed E-state index contributed by atoms with van der Waals surface area (Å²) in [6.45, 7) is 0. The number of aromatic nitrogens is 2. The van der Waals surface area contributed by atoms with Crippen molar-refractivity contribution in [2.24, 2.45) is 0 Å². The van der Waals surface area contributed by atoms with Crippen molar-refractivity contribution in [3.8, 4) is 11.3 Å². The number of pyridine rings is 1. The van der Waals surface area contributed by atoms with Crippen LogP contribution in [0.1, 0.15) is 1.43 Å². The van der Waals surface area contributed by atoms with Gasteiger partial charge in [-0.2, -0.15) is 0 Å². The summed E-state index contributed by atoms with van der Waals surface area (Å²) < 4.78 is 0. The SMILES string of the molecule is Nc1nc(-c2ccncc2)cs1.[HH]. The Labute approximate surface area is 75.4 Å². The van der Waals surface area contributed by atoms with Gasteiger partial charge in [-0.15, -0.1) is 11.3 Å². The average Bonchev–Trinajstić information content (AvgIpc) is 2.54. The standard InChI is InChI=1S/C8H7N3S.H2/c9-8-11-7(5-12-8)6-1-3-10-4-2-6;/h1-5H,(H2,9,11);1H. The van der Waals surface area contributed by atoms with Gasteiger partial charge in [-0.3, -0.25) is 4.98 Å². The summed E-state index contributed by atoms with van der Waals surface area (Å²) in [5, 5.41) is 2.53. The Bertz CT molecular complexity index is 374. The summed E-state index contributed by atoms with van der Waals surface area (Å²) in [7, 11) is 0. The number of hydrogen-bond donors (Lipinski definition) is 1. The van der Waals surface area contributed by atoms with Crippen molar-refractivity contribution in [1.29, 1.82) is 0 Å². The van der Waals surface area contributed by atoms with Gasteiger partial charge in [-0.05, 0) is 12.1 Å². The summed E-state index contributed by atoms with van der Waals surface area (Å²) in [4.78, 5) is 8.07. The molecule has 0 atom stereocenters. The van der Waals surface area contributed by atoms with Gasteiger partial charge in [0.2, 0.25) is 0 Å². The normalized spacial score (nSPS) is 10.0. The van der Waals surface area contributed by atoms with Gasteiger partial charge in [0.25, 0.3) is 0 Å². The zero-order valence-electron chi connectivity index (χ0n) is 6.27. The fourth-order valence-electron chi connectivity index (χ4n) is 0.943. The Morgan fingerprint density at radius 1 is 1.33 bits per heavy atom. The van der Waals surface area contributed by atoms with Gasteiger partial charge in [-0.25, -0.2) is 4.98 Å². The lowest BCUT2D eigenvalue weighted by molar-refractivity contribution is 1.31. The van der Waals surface area contributed by atoms with Crippen molar-refractivity contribution in [2.75, 3.05) is 5.73 Å². The lowest BCUT2D eigenvalue weighted by Gasteiger charge is -1.92. The maximum Gasteiger partial charge on any atom is 0.180 e. The van der Waals surface area contributed by atoms with Crippen LogP contribution >= 0.6 is 11.3 Å². The van der Waals surface area contributed by atoms with Crippen molar-refractivity contribution in [2.45, 2.75) is 0 Å². The minimum Gasteiger partial charge on any atom is -0.375 e. The lowest BCUT2D eigenvalue weighted by Crippen LogP contribution is -1.82. The predicted molar refractivity (Wildman–Crippen MR) is 51.9 cm³/mol. The van der Waals surface area contributed by atoms with E-state index < -0.39 is 0 Å². The summed E-state index contributed by atoms with van der Waals surface area (Å²) in [6.07, 6.45) is 3.48. The van der Waals surface area contributed by atoms with E-state index in [1.54, 1.807) is 12.4 Å². The average molecular weight is 179 g/mol. The monoisotopic (exact) mass is 179 g/mol. The van der Waals surface area contributed by atoms with Crippen LogP contribution < -0.4 is 5.73 Å². The fraction of sp³-hybridized carbons (Fsp3) is 0. The molecule has 0 spiro atoms. The summed E-state index contributed by atoms with van der Waals surface area (Å²) >= 11 is 1.45. The Morgan fingerprint density at radius 3 is 2.67 bits per heavy atom. The molecule has 0 radical (unpaired) electrons. The first-order valence-electron chi connectivity index (χ1n) is 3.47. The number of nitrogen functional groups attached to an aromatic ring is 1. The second kappa shape index (κ2) is 2.91. The van der Waals surface area contributed by atoms with E-state index in [1.165, 1.54) is 11.3 Å². The third-order valence-corrected chi connectivity index (χ3v) is 2.17. The third-order valence-electron chi connectivity index (χ3n) is 1.50. The molecule has 4 heteroatoms. The van der Waals surface area contributed by atoms with E-state index in [4.69, 9.17) is 5.73 Å². The smallest absolute Gasteiger partial charge is 0.180 e. The molecule has 2 aromatic rings. The highest BCUT2D eigenvalue weighted by Crippen LogP contribution is 2.21. The van der Waals surface area contributed by atoms with Crippen LogP contribution in [0.4, 0.5) is 5.13 Å². The molecule has 0 saturated carbocycles. The van der Waals surface area contributed by atoms with Gasteiger partial charge >= 0.3 is 0 Å². The van der Waals surface area contributed by atoms with Gasteiger partial charge < -0.3 is 5.73 Å². The van der Waals surface area contributed by atoms with Crippen LogP contribution in [0.15, 0.2) is 29.9 Å². The fourth-order valence-corrected chi connectivity index (χ4v) is 1.52. The van der Waals surface area contributed by atoms with Crippen LogP contribution in [0.3, 0.4) is 0 Å². The van der Waals surface area contributed by atoms with E-state index >= 15 is 0 Å². The van der Waals surface area contributed by atoms with Crippen molar-refractivity contribution in [1.82, 2.24) is 9.97 Å². The number of hydrogen-bond acceptors (Lipinski definition) is 4. The number of nitrogens with two attached hydrogens (primary N) is 1. The predicted octanol–water partition coefficient (Wildman–Crippen LogP) is 2.03. The van der Waals surface area contributed by atoms with Crippen molar-refractivity contribution >= 4 is 16.5 Å². The highest BCUT2D eigenvalue weighted by atomic mass is 32.1. The quantitative estimate of drug-likeness (QED) is 0.728. The summed E-state index contributed by atoms with van der Waals surface area (Å²) in [5.41, 5.74) is 7.48. The Balaban J connectivity index is 0.000000845. The first-order valence-corrected chi connectivity index (χ1v) is 4.35. The van der Waals surface area contributed by atoms with Crippen molar-refractivity contribution in [3.05, 3.63) is 29.9 Å². The maximum absolute atomic E-state index is 5.51. The van der Waals surface area contributed by atoms with E-state index in [-0.39, 0.29) is 1.43 Å². The molecule has 0 amide bonds. The molecule has 0 fully saturated rings. The zero-order valence-corrected chi connectivity index (χ0v) is 7.08. The van der Waals surface area contributed by atoms with Crippen molar-refractivity contribution < 1.29 is 1.43 Å². The molecule has 0 aliphatic heterocycles. The Hall–Kier alpha value is -1.42.